The summed E-state index contributed by atoms with van der Waals surface area (Å²) in [5.41, 5.74) is 1.92. The highest BCUT2D eigenvalue weighted by molar-refractivity contribution is 6.30. The van der Waals surface area contributed by atoms with Crippen LogP contribution in [-0.4, -0.2) is 18.8 Å². The molecule has 4 heteroatoms. The number of hydrogen-bond acceptors (Lipinski definition) is 3. The second kappa shape index (κ2) is 7.91. The van der Waals surface area contributed by atoms with Crippen LogP contribution in [-0.2, 0) is 13.0 Å². The van der Waals surface area contributed by atoms with Crippen LogP contribution in [0.3, 0.4) is 0 Å². The highest BCUT2D eigenvalue weighted by Crippen LogP contribution is 2.34. The number of hydrogen-bond donors (Lipinski definition) is 1. The molecule has 0 spiro atoms. The van der Waals surface area contributed by atoms with Crippen molar-refractivity contribution in [2.45, 2.75) is 19.4 Å². The molecule has 0 radical (unpaired) electrons. The van der Waals surface area contributed by atoms with Crippen LogP contribution in [0.1, 0.15) is 17.5 Å². The Morgan fingerprint density at radius 1 is 1.14 bits per heavy atom. The molecule has 2 aromatic rings. The Kier molecular flexibility index (Phi) is 5.90. The van der Waals surface area contributed by atoms with Crippen molar-refractivity contribution in [2.75, 3.05) is 13.7 Å². The van der Waals surface area contributed by atoms with E-state index in [1.165, 1.54) is 5.56 Å². The minimum atomic E-state index is -0.134. The Hall–Kier alpha value is -1.71. The van der Waals surface area contributed by atoms with Gasteiger partial charge in [-0.25, -0.2) is 0 Å². The molecule has 0 aromatic heterocycles. The van der Waals surface area contributed by atoms with E-state index < -0.39 is 0 Å². The van der Waals surface area contributed by atoms with Gasteiger partial charge in [0.1, 0.15) is 0 Å². The molecular formula is C17H19ClO3. The molecule has 0 aliphatic heterocycles. The summed E-state index contributed by atoms with van der Waals surface area (Å²) in [6.07, 6.45) is 1.84. The van der Waals surface area contributed by atoms with Gasteiger partial charge in [0, 0.05) is 16.7 Å². The van der Waals surface area contributed by atoms with Crippen LogP contribution >= 0.6 is 11.6 Å². The van der Waals surface area contributed by atoms with Gasteiger partial charge in [-0.05, 0) is 24.5 Å². The largest absolute Gasteiger partial charge is 0.493 e. The van der Waals surface area contributed by atoms with Crippen molar-refractivity contribution in [3.8, 4) is 11.5 Å². The van der Waals surface area contributed by atoms with Gasteiger partial charge in [-0.15, -0.1) is 0 Å². The molecule has 21 heavy (non-hydrogen) atoms. The van der Waals surface area contributed by atoms with Crippen molar-refractivity contribution in [1.29, 1.82) is 0 Å². The Balaban J connectivity index is 1.96. The van der Waals surface area contributed by atoms with Gasteiger partial charge in [-0.3, -0.25) is 0 Å². The third-order valence-electron chi connectivity index (χ3n) is 3.19. The van der Waals surface area contributed by atoms with E-state index in [0.29, 0.717) is 28.7 Å². The van der Waals surface area contributed by atoms with Gasteiger partial charge in [0.05, 0.1) is 20.3 Å². The predicted molar refractivity (Wildman–Crippen MR) is 84.2 cm³/mol. The molecule has 0 aliphatic rings. The first-order valence-electron chi connectivity index (χ1n) is 6.88. The van der Waals surface area contributed by atoms with E-state index >= 15 is 0 Å². The number of halogens is 1. The van der Waals surface area contributed by atoms with E-state index in [2.05, 4.69) is 12.1 Å². The first-order valence-corrected chi connectivity index (χ1v) is 7.26. The summed E-state index contributed by atoms with van der Waals surface area (Å²) in [4.78, 5) is 0. The lowest BCUT2D eigenvalue weighted by Crippen LogP contribution is -2.04. The van der Waals surface area contributed by atoms with E-state index in [1.54, 1.807) is 19.2 Å². The highest BCUT2D eigenvalue weighted by atomic mass is 35.5. The smallest absolute Gasteiger partial charge is 0.166 e. The standard InChI is InChI=1S/C17H19ClO3/c1-20-16-11-15(18)10-14(12-19)17(16)21-9-5-8-13-6-3-2-4-7-13/h2-4,6-7,10-11,19H,5,8-9,12H2,1H3. The molecule has 0 amide bonds. The SMILES string of the molecule is COc1cc(Cl)cc(CO)c1OCCCc1ccccc1. The minimum absolute atomic E-state index is 0.134. The number of ether oxygens (including phenoxy) is 2. The number of aliphatic hydroxyl groups is 1. The van der Waals surface area contributed by atoms with Gasteiger partial charge < -0.3 is 14.6 Å². The molecule has 0 unspecified atom stereocenters. The van der Waals surface area contributed by atoms with Gasteiger partial charge in [0.2, 0.25) is 0 Å². The maximum atomic E-state index is 9.40. The maximum absolute atomic E-state index is 9.40. The summed E-state index contributed by atoms with van der Waals surface area (Å²) in [6.45, 7) is 0.421. The Labute approximate surface area is 130 Å². The van der Waals surface area contributed by atoms with Crippen LogP contribution in [0.25, 0.3) is 0 Å². The van der Waals surface area contributed by atoms with E-state index in [1.807, 2.05) is 18.2 Å². The molecule has 3 nitrogen and oxygen atoms in total. The van der Waals surface area contributed by atoms with Crippen molar-refractivity contribution >= 4 is 11.6 Å². The first-order chi connectivity index (χ1) is 10.2. The van der Waals surface area contributed by atoms with E-state index in [9.17, 15) is 5.11 Å². The molecule has 0 saturated carbocycles. The Morgan fingerprint density at radius 3 is 2.57 bits per heavy atom. The number of rotatable bonds is 7. The van der Waals surface area contributed by atoms with Crippen LogP contribution in [0.15, 0.2) is 42.5 Å². The topological polar surface area (TPSA) is 38.7 Å². The molecule has 0 bridgehead atoms. The summed E-state index contributed by atoms with van der Waals surface area (Å²) in [5, 5.41) is 9.92. The molecule has 2 aromatic carbocycles. The van der Waals surface area contributed by atoms with Crippen molar-refractivity contribution in [3.63, 3.8) is 0 Å². The third-order valence-corrected chi connectivity index (χ3v) is 3.40. The lowest BCUT2D eigenvalue weighted by Gasteiger charge is -2.14. The lowest BCUT2D eigenvalue weighted by atomic mass is 10.1. The average Bonchev–Trinajstić information content (AvgIpc) is 2.52. The van der Waals surface area contributed by atoms with Gasteiger partial charge in [-0.1, -0.05) is 41.9 Å². The number of benzene rings is 2. The van der Waals surface area contributed by atoms with Crippen LogP contribution in [0, 0.1) is 0 Å². The maximum Gasteiger partial charge on any atom is 0.166 e. The molecule has 2 rings (SSSR count). The van der Waals surface area contributed by atoms with Crippen LogP contribution < -0.4 is 9.47 Å². The van der Waals surface area contributed by atoms with E-state index in [-0.39, 0.29) is 6.61 Å². The quantitative estimate of drug-likeness (QED) is 0.790. The molecular weight excluding hydrogens is 288 g/mol. The molecule has 0 fully saturated rings. The number of aryl methyl sites for hydroxylation is 1. The first kappa shape index (κ1) is 15.7. The zero-order valence-electron chi connectivity index (χ0n) is 12.0. The average molecular weight is 307 g/mol. The second-order valence-electron chi connectivity index (χ2n) is 4.69. The summed E-state index contributed by atoms with van der Waals surface area (Å²) >= 11 is 5.97. The summed E-state index contributed by atoms with van der Waals surface area (Å²) in [7, 11) is 1.56. The molecule has 0 saturated heterocycles. The third kappa shape index (κ3) is 4.38. The fraction of sp³-hybridized carbons (Fsp3) is 0.294. The fourth-order valence-electron chi connectivity index (χ4n) is 2.15. The molecule has 0 atom stereocenters. The predicted octanol–water partition coefficient (Wildman–Crippen LogP) is 3.85. The van der Waals surface area contributed by atoms with Crippen molar-refractivity contribution in [1.82, 2.24) is 0 Å². The van der Waals surface area contributed by atoms with Crippen LogP contribution in [0.4, 0.5) is 0 Å². The molecule has 112 valence electrons. The summed E-state index contributed by atoms with van der Waals surface area (Å²) in [5.74, 6) is 1.11. The van der Waals surface area contributed by atoms with Crippen molar-refractivity contribution in [2.24, 2.45) is 0 Å². The molecule has 0 heterocycles. The zero-order chi connectivity index (χ0) is 15.1. The summed E-state index contributed by atoms with van der Waals surface area (Å²) < 4.78 is 11.0. The fourth-order valence-corrected chi connectivity index (χ4v) is 2.38. The van der Waals surface area contributed by atoms with Crippen molar-refractivity contribution < 1.29 is 14.6 Å². The van der Waals surface area contributed by atoms with E-state index in [0.717, 1.165) is 12.8 Å². The lowest BCUT2D eigenvalue weighted by molar-refractivity contribution is 0.253. The van der Waals surface area contributed by atoms with E-state index in [4.69, 9.17) is 21.1 Å². The number of methoxy groups -OCH3 is 1. The van der Waals surface area contributed by atoms with Gasteiger partial charge in [0.25, 0.3) is 0 Å². The van der Waals surface area contributed by atoms with Gasteiger partial charge >= 0.3 is 0 Å². The minimum Gasteiger partial charge on any atom is -0.493 e. The van der Waals surface area contributed by atoms with Crippen LogP contribution in [0.5, 0.6) is 11.5 Å². The monoisotopic (exact) mass is 306 g/mol. The van der Waals surface area contributed by atoms with Crippen LogP contribution in [0.2, 0.25) is 5.02 Å². The van der Waals surface area contributed by atoms with Crippen molar-refractivity contribution in [3.05, 3.63) is 58.6 Å². The second-order valence-corrected chi connectivity index (χ2v) is 5.13. The van der Waals surface area contributed by atoms with Gasteiger partial charge in [0.15, 0.2) is 11.5 Å². The number of aliphatic hydroxyl groups excluding tert-OH is 1. The normalized spacial score (nSPS) is 10.4. The zero-order valence-corrected chi connectivity index (χ0v) is 12.8. The highest BCUT2D eigenvalue weighted by Gasteiger charge is 2.12. The van der Waals surface area contributed by atoms with Gasteiger partial charge in [-0.2, -0.15) is 0 Å². The molecule has 0 aliphatic carbocycles. The Morgan fingerprint density at radius 2 is 1.90 bits per heavy atom. The Bertz CT molecular complexity index is 544. The summed E-state index contributed by atoms with van der Waals surface area (Å²) in [6, 6.07) is 13.6. The molecule has 1 N–H and O–H groups in total.